The van der Waals surface area contributed by atoms with Crippen molar-refractivity contribution in [2.45, 2.75) is 222 Å². The monoisotopic (exact) mass is 757 g/mol. The van der Waals surface area contributed by atoms with Crippen LogP contribution in [0.5, 0.6) is 0 Å². The molecule has 2 aromatic rings. The molecule has 1 aliphatic rings. The van der Waals surface area contributed by atoms with Crippen LogP contribution in [0.1, 0.15) is 224 Å². The molecular weight excluding hydrogens is 676 g/mol. The summed E-state index contributed by atoms with van der Waals surface area (Å²) in [4.78, 5) is 20.0. The van der Waals surface area contributed by atoms with E-state index in [2.05, 4.69) is 132 Å². The Hall–Kier alpha value is -0.139. The Kier molecular flexibility index (Phi) is 19.7. The first-order valence-corrected chi connectivity index (χ1v) is 19.5. The summed E-state index contributed by atoms with van der Waals surface area (Å²) in [5.74, 6) is 2.83. The van der Waals surface area contributed by atoms with Crippen LogP contribution >= 0.6 is 0 Å². The largest absolute Gasteiger partial charge is 2.00 e. The molecule has 1 saturated heterocycles. The van der Waals surface area contributed by atoms with E-state index in [0.29, 0.717) is 0 Å². The van der Waals surface area contributed by atoms with Crippen LogP contribution in [0.2, 0.25) is 0 Å². The number of aromatic nitrogens is 4. The third kappa shape index (κ3) is 14.7. The van der Waals surface area contributed by atoms with Crippen molar-refractivity contribution in [3.05, 3.63) is 34.4 Å². The summed E-state index contributed by atoms with van der Waals surface area (Å²) in [5.41, 5.74) is 5.35. The van der Waals surface area contributed by atoms with Gasteiger partial charge in [0.05, 0.1) is 0 Å². The van der Waals surface area contributed by atoms with Gasteiger partial charge in [0.15, 0.2) is 0 Å². The molecule has 3 heterocycles. The molecule has 2 aromatic heterocycles. The normalized spacial score (nSPS) is 16.0. The second kappa shape index (κ2) is 19.8. The van der Waals surface area contributed by atoms with Gasteiger partial charge in [-0.3, -0.25) is 0 Å². The van der Waals surface area contributed by atoms with Crippen molar-refractivity contribution in [1.82, 2.24) is 19.9 Å². The average molecular weight is 757 g/mol. The van der Waals surface area contributed by atoms with Gasteiger partial charge < -0.3 is 24.7 Å². The summed E-state index contributed by atoms with van der Waals surface area (Å²) in [6.45, 7) is 45.0. The smallest absolute Gasteiger partial charge is 0.442 e. The minimum absolute atomic E-state index is 0. The van der Waals surface area contributed by atoms with Crippen LogP contribution in [0, 0.1) is 5.92 Å². The third-order valence-corrected chi connectivity index (χ3v) is 9.88. The third-order valence-electron chi connectivity index (χ3n) is 9.88. The molecule has 1 aliphatic heterocycles. The summed E-state index contributed by atoms with van der Waals surface area (Å²) in [7, 11) is 0. The molecule has 1 fully saturated rings. The zero-order valence-corrected chi connectivity index (χ0v) is 39.7. The SMILES string of the molecule is CC1CCOC1.CCCC(C)(C)c1nc(C(C)(C)C)[n-]c1C(C)(C)CCC.CCCC(C)(C)c1nc(C(C)(C)C)[n-]c1C(C)(C)CCC.[Sr+2]. The second-order valence-electron chi connectivity index (χ2n) is 19.5. The van der Waals surface area contributed by atoms with Gasteiger partial charge in [-0.15, -0.1) is 0 Å². The van der Waals surface area contributed by atoms with Crippen LogP contribution in [0.15, 0.2) is 0 Å². The van der Waals surface area contributed by atoms with Crippen molar-refractivity contribution in [3.8, 4) is 0 Å². The molecule has 280 valence electrons. The van der Waals surface area contributed by atoms with E-state index in [1.165, 1.54) is 54.9 Å². The number of ether oxygens (including phenoxy) is 1. The summed E-state index contributed by atoms with van der Waals surface area (Å²) >= 11 is 0. The van der Waals surface area contributed by atoms with Crippen molar-refractivity contribution in [3.63, 3.8) is 0 Å². The van der Waals surface area contributed by atoms with Crippen LogP contribution in [0.25, 0.3) is 0 Å². The predicted octanol–water partition coefficient (Wildman–Crippen LogP) is 11.6. The molecule has 1 unspecified atom stereocenters. The minimum atomic E-state index is 0. The van der Waals surface area contributed by atoms with Crippen molar-refractivity contribution in [1.29, 1.82) is 0 Å². The molecule has 0 radical (unpaired) electrons. The van der Waals surface area contributed by atoms with E-state index in [0.717, 1.165) is 56.5 Å². The molecule has 1 atom stereocenters. The molecule has 49 heavy (non-hydrogen) atoms. The fourth-order valence-electron chi connectivity index (χ4n) is 6.87. The molecule has 0 saturated carbocycles. The topological polar surface area (TPSA) is 63.2 Å². The Morgan fingerprint density at radius 1 is 0.551 bits per heavy atom. The molecule has 0 aromatic carbocycles. The van der Waals surface area contributed by atoms with E-state index < -0.39 is 0 Å². The molecule has 5 nitrogen and oxygen atoms in total. The van der Waals surface area contributed by atoms with Gasteiger partial charge in [-0.2, -0.15) is 0 Å². The molecule has 0 aliphatic carbocycles. The second-order valence-corrected chi connectivity index (χ2v) is 19.5. The Bertz CT molecular complexity index is 1050. The van der Waals surface area contributed by atoms with Crippen molar-refractivity contribution >= 4 is 45.5 Å². The van der Waals surface area contributed by atoms with Gasteiger partial charge in [-0.25, -0.2) is 0 Å². The average Bonchev–Trinajstić information content (AvgIpc) is 3.69. The zero-order chi connectivity index (χ0) is 37.4. The quantitative estimate of drug-likeness (QED) is 0.202. The van der Waals surface area contributed by atoms with E-state index in [-0.39, 0.29) is 78.0 Å². The van der Waals surface area contributed by atoms with E-state index in [1.54, 1.807) is 0 Å². The first-order chi connectivity index (χ1) is 21.8. The van der Waals surface area contributed by atoms with Gasteiger partial charge in [0, 0.05) is 13.2 Å². The van der Waals surface area contributed by atoms with Crippen molar-refractivity contribution in [2.24, 2.45) is 5.92 Å². The zero-order valence-electron chi connectivity index (χ0n) is 36.3. The number of hydrogen-bond acceptors (Lipinski definition) is 3. The van der Waals surface area contributed by atoms with E-state index in [4.69, 9.17) is 24.7 Å². The fraction of sp³-hybridized carbons (Fsp3) is 0.860. The molecule has 0 spiro atoms. The van der Waals surface area contributed by atoms with Gasteiger partial charge in [-0.1, -0.05) is 192 Å². The molecular formula is C43H80N4OSr. The molecule has 0 bridgehead atoms. The minimum Gasteiger partial charge on any atom is -0.442 e. The number of hydrogen-bond donors (Lipinski definition) is 0. The number of nitrogens with zero attached hydrogens (tertiary/aromatic N) is 4. The van der Waals surface area contributed by atoms with Crippen LogP contribution in [0.3, 0.4) is 0 Å². The number of rotatable bonds is 12. The van der Waals surface area contributed by atoms with Crippen molar-refractivity contribution in [2.75, 3.05) is 13.2 Å². The maximum Gasteiger partial charge on any atom is 2.00 e. The Morgan fingerprint density at radius 3 is 1.06 bits per heavy atom. The number of imidazole rings is 2. The molecule has 0 amide bonds. The Morgan fingerprint density at radius 2 is 0.857 bits per heavy atom. The predicted molar refractivity (Wildman–Crippen MR) is 215 cm³/mol. The van der Waals surface area contributed by atoms with Gasteiger partial charge >= 0.3 is 45.5 Å². The van der Waals surface area contributed by atoms with Gasteiger partial charge in [0.2, 0.25) is 0 Å². The molecule has 6 heteroatoms. The Balaban J connectivity index is 0.000000787. The summed E-state index contributed by atoms with van der Waals surface area (Å²) in [5, 5.41) is 0. The van der Waals surface area contributed by atoms with Crippen LogP contribution in [-0.2, 0) is 37.2 Å². The Labute approximate surface area is 342 Å². The molecule has 0 N–H and O–H groups in total. The van der Waals surface area contributed by atoms with E-state index in [9.17, 15) is 0 Å². The van der Waals surface area contributed by atoms with Crippen LogP contribution in [0.4, 0.5) is 0 Å². The van der Waals surface area contributed by atoms with E-state index >= 15 is 0 Å². The van der Waals surface area contributed by atoms with Crippen molar-refractivity contribution < 1.29 is 4.74 Å². The molecule has 3 rings (SSSR count). The standard InChI is InChI=1S/2C19H35N2.C5H10O.Sr/c2*1-10-12-18(6,7)14-15(19(8,9)13-11-2)21-16(20-14)17(3,4)5;1-5-2-3-6-4-5;/h2*10-13H2,1-9H3;5H,2-4H2,1H3;/q2*-1;;+2. The van der Waals surface area contributed by atoms with Gasteiger partial charge in [0.25, 0.3) is 0 Å². The van der Waals surface area contributed by atoms with E-state index in [1.807, 2.05) is 0 Å². The van der Waals surface area contributed by atoms with Gasteiger partial charge in [-0.05, 0) is 70.5 Å². The first kappa shape index (κ1) is 48.9. The maximum atomic E-state index is 5.06. The maximum absolute atomic E-state index is 5.06. The van der Waals surface area contributed by atoms with Gasteiger partial charge in [0.1, 0.15) is 0 Å². The first-order valence-electron chi connectivity index (χ1n) is 19.5. The fourth-order valence-corrected chi connectivity index (χ4v) is 6.87. The van der Waals surface area contributed by atoms with Crippen LogP contribution < -0.4 is 9.97 Å². The summed E-state index contributed by atoms with van der Waals surface area (Å²) in [6, 6.07) is 0. The summed E-state index contributed by atoms with van der Waals surface area (Å²) < 4.78 is 5.06. The van der Waals surface area contributed by atoms with Crippen LogP contribution in [-0.4, -0.2) is 68.7 Å². The summed E-state index contributed by atoms with van der Waals surface area (Å²) in [6.07, 6.45) is 10.6.